The molecule has 0 aromatic heterocycles. The van der Waals surface area contributed by atoms with E-state index in [0.29, 0.717) is 10.6 Å². The first-order chi connectivity index (χ1) is 20.3. The van der Waals surface area contributed by atoms with Crippen molar-refractivity contribution in [3.63, 3.8) is 0 Å². The van der Waals surface area contributed by atoms with Crippen molar-refractivity contribution in [3.8, 4) is 0 Å². The number of morpholine rings is 1. The second-order valence-corrected chi connectivity index (χ2v) is 14.4. The predicted octanol–water partition coefficient (Wildman–Crippen LogP) is 3.86. The summed E-state index contributed by atoms with van der Waals surface area (Å²) in [4.78, 5) is 26.4. The number of carbonyl (C=O) groups is 2. The lowest BCUT2D eigenvalue weighted by atomic mass is 10.0. The molecular formula is C29H33ClN4O7S2. The lowest BCUT2D eigenvalue weighted by molar-refractivity contribution is -0.118. The van der Waals surface area contributed by atoms with Crippen molar-refractivity contribution in [2.45, 2.75) is 36.6 Å². The van der Waals surface area contributed by atoms with E-state index in [2.05, 4.69) is 15.4 Å². The molecule has 1 heterocycles. The molecule has 1 unspecified atom stereocenters. The molecule has 1 atom stereocenters. The van der Waals surface area contributed by atoms with Crippen molar-refractivity contribution in [3.05, 3.63) is 82.9 Å². The van der Waals surface area contributed by atoms with E-state index in [1.807, 2.05) is 0 Å². The molecule has 1 aliphatic rings. The fourth-order valence-corrected chi connectivity index (χ4v) is 7.41. The van der Waals surface area contributed by atoms with Gasteiger partial charge in [-0.25, -0.2) is 16.8 Å². The number of anilines is 2. The fourth-order valence-electron chi connectivity index (χ4n) is 4.44. The average molecular weight is 649 g/mol. The summed E-state index contributed by atoms with van der Waals surface area (Å²) >= 11 is 5.98. The Morgan fingerprint density at radius 2 is 1.60 bits per heavy atom. The van der Waals surface area contributed by atoms with Crippen LogP contribution in [-0.2, 0) is 29.6 Å². The van der Waals surface area contributed by atoms with Crippen LogP contribution in [-0.4, -0.2) is 65.3 Å². The van der Waals surface area contributed by atoms with Crippen LogP contribution in [0.5, 0.6) is 0 Å². The topological polar surface area (TPSA) is 151 Å². The highest BCUT2D eigenvalue weighted by molar-refractivity contribution is 7.92. The molecule has 11 nitrogen and oxygen atoms in total. The van der Waals surface area contributed by atoms with Gasteiger partial charge in [-0.1, -0.05) is 43.6 Å². The van der Waals surface area contributed by atoms with Gasteiger partial charge in [-0.15, -0.1) is 0 Å². The third-order valence-electron chi connectivity index (χ3n) is 6.76. The third-order valence-corrected chi connectivity index (χ3v) is 10.4. The standard InChI is InChI=1S/C29H33ClN4O7S2/c1-19(2)27(32-28(35)21-6-4-9-25(16-21)43(39,40)34-12-14-41-15-13-34)29(36)31-23-11-10-20(3)26(18-23)42(37,38)33-24-8-5-7-22(30)17-24/h4-11,16-19,27,33H,12-15H2,1-3H3,(H,31,36)(H,32,35). The normalized spacial score (nSPS) is 15.1. The summed E-state index contributed by atoms with van der Waals surface area (Å²) in [6, 6.07) is 15.3. The summed E-state index contributed by atoms with van der Waals surface area (Å²) in [6.07, 6.45) is 0. The number of hydrogen-bond acceptors (Lipinski definition) is 7. The van der Waals surface area contributed by atoms with Crippen molar-refractivity contribution in [2.75, 3.05) is 36.3 Å². The molecule has 4 rings (SSSR count). The van der Waals surface area contributed by atoms with Crippen LogP contribution in [0.15, 0.2) is 76.5 Å². The van der Waals surface area contributed by atoms with Gasteiger partial charge in [0.2, 0.25) is 15.9 Å². The summed E-state index contributed by atoms with van der Waals surface area (Å²) in [5.74, 6) is -1.57. The molecular weight excluding hydrogens is 616 g/mol. The van der Waals surface area contributed by atoms with Crippen LogP contribution < -0.4 is 15.4 Å². The Morgan fingerprint density at radius 1 is 0.907 bits per heavy atom. The number of carbonyl (C=O) groups excluding carboxylic acids is 2. The molecule has 0 bridgehead atoms. The largest absolute Gasteiger partial charge is 0.379 e. The van der Waals surface area contributed by atoms with Crippen LogP contribution in [0.1, 0.15) is 29.8 Å². The number of amides is 2. The molecule has 0 aliphatic carbocycles. The van der Waals surface area contributed by atoms with E-state index in [4.69, 9.17) is 16.3 Å². The zero-order valence-electron chi connectivity index (χ0n) is 23.8. The van der Waals surface area contributed by atoms with Gasteiger partial charge in [-0.2, -0.15) is 4.31 Å². The van der Waals surface area contributed by atoms with Gasteiger partial charge in [0.25, 0.3) is 15.9 Å². The first-order valence-corrected chi connectivity index (χ1v) is 16.8. The third kappa shape index (κ3) is 7.92. The number of hydrogen-bond donors (Lipinski definition) is 3. The molecule has 0 radical (unpaired) electrons. The Bertz CT molecular complexity index is 1720. The molecule has 3 N–H and O–H groups in total. The molecule has 1 fully saturated rings. The Labute approximate surface area is 256 Å². The highest BCUT2D eigenvalue weighted by Gasteiger charge is 2.29. The van der Waals surface area contributed by atoms with Crippen LogP contribution in [0, 0.1) is 12.8 Å². The molecule has 14 heteroatoms. The van der Waals surface area contributed by atoms with Crippen molar-refractivity contribution < 1.29 is 31.2 Å². The molecule has 1 aliphatic heterocycles. The second kappa shape index (κ2) is 13.4. The maximum Gasteiger partial charge on any atom is 0.262 e. The zero-order chi connectivity index (χ0) is 31.4. The van der Waals surface area contributed by atoms with Gasteiger partial charge >= 0.3 is 0 Å². The molecule has 3 aromatic rings. The van der Waals surface area contributed by atoms with E-state index >= 15 is 0 Å². The summed E-state index contributed by atoms with van der Waals surface area (Å²) in [5.41, 5.74) is 1.02. The number of benzene rings is 3. The smallest absolute Gasteiger partial charge is 0.262 e. The highest BCUT2D eigenvalue weighted by atomic mass is 35.5. The molecule has 2 amide bonds. The number of halogens is 1. The molecule has 230 valence electrons. The number of ether oxygens (including phenoxy) is 1. The highest BCUT2D eigenvalue weighted by Crippen LogP contribution is 2.25. The number of nitrogens with one attached hydrogen (secondary N) is 3. The number of rotatable bonds is 10. The first kappa shape index (κ1) is 32.4. The Morgan fingerprint density at radius 3 is 2.28 bits per heavy atom. The summed E-state index contributed by atoms with van der Waals surface area (Å²) < 4.78 is 61.4. The maximum atomic E-state index is 13.3. The van der Waals surface area contributed by atoms with Crippen LogP contribution in [0.3, 0.4) is 0 Å². The van der Waals surface area contributed by atoms with Crippen molar-refractivity contribution in [2.24, 2.45) is 5.92 Å². The van der Waals surface area contributed by atoms with Crippen molar-refractivity contribution in [1.82, 2.24) is 9.62 Å². The van der Waals surface area contributed by atoms with E-state index in [1.54, 1.807) is 51.1 Å². The van der Waals surface area contributed by atoms with Crippen molar-refractivity contribution in [1.29, 1.82) is 0 Å². The van der Waals surface area contributed by atoms with Crippen molar-refractivity contribution >= 4 is 54.8 Å². The first-order valence-electron chi connectivity index (χ1n) is 13.5. The fraction of sp³-hybridized carbons (Fsp3) is 0.310. The minimum Gasteiger partial charge on any atom is -0.379 e. The Kier molecular flexibility index (Phi) is 10.1. The second-order valence-electron chi connectivity index (χ2n) is 10.3. The van der Waals surface area contributed by atoms with E-state index in [-0.39, 0.29) is 59.0 Å². The van der Waals surface area contributed by atoms with Gasteiger partial charge in [-0.3, -0.25) is 14.3 Å². The molecule has 3 aromatic carbocycles. The zero-order valence-corrected chi connectivity index (χ0v) is 26.2. The van der Waals surface area contributed by atoms with Crippen LogP contribution >= 0.6 is 11.6 Å². The molecule has 0 saturated carbocycles. The number of nitrogens with zero attached hydrogens (tertiary/aromatic N) is 1. The molecule has 43 heavy (non-hydrogen) atoms. The quantitative estimate of drug-likeness (QED) is 0.302. The summed E-state index contributed by atoms with van der Waals surface area (Å²) in [6.45, 7) is 6.12. The predicted molar refractivity (Wildman–Crippen MR) is 164 cm³/mol. The lowest BCUT2D eigenvalue weighted by Crippen LogP contribution is -2.47. The summed E-state index contributed by atoms with van der Waals surface area (Å²) in [7, 11) is -7.85. The van der Waals surface area contributed by atoms with Crippen LogP contribution in [0.2, 0.25) is 5.02 Å². The van der Waals surface area contributed by atoms with E-state index in [1.165, 1.54) is 40.7 Å². The minimum absolute atomic E-state index is 0.0348. The van der Waals surface area contributed by atoms with E-state index in [0.717, 1.165) is 0 Å². The van der Waals surface area contributed by atoms with Gasteiger partial charge in [0.15, 0.2) is 0 Å². The number of sulfonamides is 2. The van der Waals surface area contributed by atoms with E-state index < -0.39 is 37.9 Å². The monoisotopic (exact) mass is 648 g/mol. The minimum atomic E-state index is -4.02. The van der Waals surface area contributed by atoms with Crippen LogP contribution in [0.25, 0.3) is 0 Å². The Hall–Kier alpha value is -3.49. The van der Waals surface area contributed by atoms with Crippen LogP contribution in [0.4, 0.5) is 11.4 Å². The van der Waals surface area contributed by atoms with Gasteiger partial charge < -0.3 is 15.4 Å². The lowest BCUT2D eigenvalue weighted by Gasteiger charge is -2.26. The SMILES string of the molecule is Cc1ccc(NC(=O)C(NC(=O)c2cccc(S(=O)(=O)N3CCOCC3)c2)C(C)C)cc1S(=O)(=O)Nc1cccc(Cl)c1. The summed E-state index contributed by atoms with van der Waals surface area (Å²) in [5, 5.41) is 5.74. The van der Waals surface area contributed by atoms with Gasteiger partial charge in [0.05, 0.1) is 28.7 Å². The van der Waals surface area contributed by atoms with Gasteiger partial charge in [0, 0.05) is 29.4 Å². The number of aryl methyl sites for hydroxylation is 1. The maximum absolute atomic E-state index is 13.3. The van der Waals surface area contributed by atoms with Gasteiger partial charge in [-0.05, 0) is 66.9 Å². The van der Waals surface area contributed by atoms with E-state index in [9.17, 15) is 26.4 Å². The Balaban J connectivity index is 1.50. The van der Waals surface area contributed by atoms with Gasteiger partial charge in [0.1, 0.15) is 6.04 Å². The average Bonchev–Trinajstić information content (AvgIpc) is 2.96. The molecule has 1 saturated heterocycles. The molecule has 0 spiro atoms.